The second-order valence-electron chi connectivity index (χ2n) is 8.97. The molecule has 0 saturated carbocycles. The summed E-state index contributed by atoms with van der Waals surface area (Å²) in [5.74, 6) is 0.778. The molecule has 2 amide bonds. The van der Waals surface area contributed by atoms with E-state index in [1.165, 1.54) is 0 Å². The van der Waals surface area contributed by atoms with Gasteiger partial charge in [-0.15, -0.1) is 0 Å². The normalized spacial score (nSPS) is 33.1. The third-order valence-electron chi connectivity index (χ3n) is 5.72. The Hall–Kier alpha value is -1.30. The summed E-state index contributed by atoms with van der Waals surface area (Å²) in [6, 6.07) is 0.233. The first kappa shape index (κ1) is 18.5. The Labute approximate surface area is 150 Å². The van der Waals surface area contributed by atoms with E-state index in [1.54, 1.807) is 4.90 Å². The molecule has 3 saturated heterocycles. The smallest absolute Gasteiger partial charge is 0.410 e. The van der Waals surface area contributed by atoms with Crippen LogP contribution in [0.3, 0.4) is 0 Å². The Morgan fingerprint density at radius 2 is 2.04 bits per heavy atom. The van der Waals surface area contributed by atoms with Crippen LogP contribution < -0.4 is 0 Å². The molecule has 3 fully saturated rings. The first-order valence-corrected chi connectivity index (χ1v) is 9.58. The maximum atomic E-state index is 12.7. The van der Waals surface area contributed by atoms with Gasteiger partial charge >= 0.3 is 6.09 Å². The monoisotopic (exact) mass is 352 g/mol. The fourth-order valence-electron chi connectivity index (χ4n) is 4.60. The van der Waals surface area contributed by atoms with Gasteiger partial charge in [0.2, 0.25) is 5.91 Å². The van der Waals surface area contributed by atoms with E-state index < -0.39 is 11.3 Å². The van der Waals surface area contributed by atoms with E-state index in [4.69, 9.17) is 9.47 Å². The van der Waals surface area contributed by atoms with Gasteiger partial charge in [0.15, 0.2) is 0 Å². The Bertz CT molecular complexity index is 542. The van der Waals surface area contributed by atoms with Crippen molar-refractivity contribution in [2.45, 2.75) is 77.7 Å². The summed E-state index contributed by atoms with van der Waals surface area (Å²) in [5, 5.41) is 0. The lowest BCUT2D eigenvalue weighted by molar-refractivity contribution is -0.262. The van der Waals surface area contributed by atoms with Crippen molar-refractivity contribution in [1.29, 1.82) is 0 Å². The van der Waals surface area contributed by atoms with E-state index >= 15 is 0 Å². The second kappa shape index (κ2) is 6.45. The lowest BCUT2D eigenvalue weighted by Crippen LogP contribution is -2.72. The Morgan fingerprint density at radius 3 is 2.68 bits per heavy atom. The number of carbonyl (C=O) groups is 2. The summed E-state index contributed by atoms with van der Waals surface area (Å²) in [7, 11) is 0. The van der Waals surface area contributed by atoms with E-state index in [2.05, 4.69) is 13.8 Å². The molecule has 6 nitrogen and oxygen atoms in total. The summed E-state index contributed by atoms with van der Waals surface area (Å²) in [6.07, 6.45) is 2.63. The SMILES string of the molecule is CC(C)[C@H]1CCO[C@]23CCN(C(=O)OC(C)(C)C)C[C@H]2CCC(=O)N13. The Balaban J connectivity index is 1.80. The van der Waals surface area contributed by atoms with Crippen LogP contribution in [0.1, 0.15) is 60.3 Å². The van der Waals surface area contributed by atoms with Gasteiger partial charge in [0.25, 0.3) is 0 Å². The van der Waals surface area contributed by atoms with Gasteiger partial charge in [-0.1, -0.05) is 13.8 Å². The molecule has 0 radical (unpaired) electrons. The fourth-order valence-corrected chi connectivity index (χ4v) is 4.60. The van der Waals surface area contributed by atoms with E-state index in [9.17, 15) is 9.59 Å². The highest BCUT2D eigenvalue weighted by atomic mass is 16.6. The first-order chi connectivity index (χ1) is 11.6. The molecule has 0 aromatic heterocycles. The number of hydrogen-bond donors (Lipinski definition) is 0. The van der Waals surface area contributed by atoms with Gasteiger partial charge in [0.1, 0.15) is 11.3 Å². The van der Waals surface area contributed by atoms with Crippen molar-refractivity contribution in [2.24, 2.45) is 11.8 Å². The molecule has 3 aliphatic heterocycles. The van der Waals surface area contributed by atoms with Crippen molar-refractivity contribution in [3.63, 3.8) is 0 Å². The predicted octanol–water partition coefficient (Wildman–Crippen LogP) is 3.01. The molecular formula is C19H32N2O4. The molecular weight excluding hydrogens is 320 g/mol. The molecule has 1 spiro atoms. The molecule has 3 heterocycles. The van der Waals surface area contributed by atoms with Crippen LogP contribution in [-0.2, 0) is 14.3 Å². The standard InChI is InChI=1S/C19H32N2O4/c1-13(2)15-8-11-24-19-9-10-20(17(23)25-18(3,4)5)12-14(19)6-7-16(22)21(15)19/h13-15H,6-12H2,1-5H3/t14-,15-,19-/m1/s1. The molecule has 142 valence electrons. The lowest BCUT2D eigenvalue weighted by atomic mass is 9.76. The van der Waals surface area contributed by atoms with Crippen LogP contribution in [0.4, 0.5) is 4.79 Å². The van der Waals surface area contributed by atoms with E-state index in [1.807, 2.05) is 25.7 Å². The van der Waals surface area contributed by atoms with Crippen molar-refractivity contribution in [1.82, 2.24) is 9.80 Å². The van der Waals surface area contributed by atoms with Gasteiger partial charge in [-0.3, -0.25) is 4.79 Å². The highest BCUT2D eigenvalue weighted by Crippen LogP contribution is 2.46. The summed E-state index contributed by atoms with van der Waals surface area (Å²) < 4.78 is 11.8. The highest BCUT2D eigenvalue weighted by Gasteiger charge is 2.57. The summed E-state index contributed by atoms with van der Waals surface area (Å²) in [6.45, 7) is 11.9. The Morgan fingerprint density at radius 1 is 1.32 bits per heavy atom. The van der Waals surface area contributed by atoms with Gasteiger partial charge in [-0.05, 0) is 39.5 Å². The molecule has 0 N–H and O–H groups in total. The molecule has 25 heavy (non-hydrogen) atoms. The number of piperidine rings is 2. The largest absolute Gasteiger partial charge is 0.444 e. The zero-order chi connectivity index (χ0) is 18.4. The van der Waals surface area contributed by atoms with Crippen molar-refractivity contribution >= 4 is 12.0 Å². The maximum absolute atomic E-state index is 12.7. The average Bonchev–Trinajstić information content (AvgIpc) is 2.51. The van der Waals surface area contributed by atoms with Crippen molar-refractivity contribution in [3.05, 3.63) is 0 Å². The molecule has 3 aliphatic rings. The average molecular weight is 352 g/mol. The number of rotatable bonds is 1. The van der Waals surface area contributed by atoms with Gasteiger partial charge in [0.05, 0.1) is 6.61 Å². The van der Waals surface area contributed by atoms with E-state index in [0.29, 0.717) is 38.5 Å². The second-order valence-corrected chi connectivity index (χ2v) is 8.97. The topological polar surface area (TPSA) is 59.1 Å². The van der Waals surface area contributed by atoms with Crippen LogP contribution in [0.25, 0.3) is 0 Å². The van der Waals surface area contributed by atoms with Gasteiger partial charge in [-0.25, -0.2) is 4.79 Å². The predicted molar refractivity (Wildman–Crippen MR) is 93.9 cm³/mol. The molecule has 0 aromatic carbocycles. The number of carbonyl (C=O) groups excluding carboxylic acids is 2. The van der Waals surface area contributed by atoms with Crippen molar-refractivity contribution in [2.75, 3.05) is 19.7 Å². The number of hydrogen-bond acceptors (Lipinski definition) is 4. The summed E-state index contributed by atoms with van der Waals surface area (Å²) in [5.41, 5.74) is -1.02. The molecule has 0 aliphatic carbocycles. The van der Waals surface area contributed by atoms with Crippen molar-refractivity contribution < 1.29 is 19.1 Å². The van der Waals surface area contributed by atoms with Gasteiger partial charge in [-0.2, -0.15) is 0 Å². The zero-order valence-corrected chi connectivity index (χ0v) is 16.2. The number of ether oxygens (including phenoxy) is 2. The van der Waals surface area contributed by atoms with Crippen LogP contribution in [0.5, 0.6) is 0 Å². The first-order valence-electron chi connectivity index (χ1n) is 9.58. The molecule has 6 heteroatoms. The van der Waals surface area contributed by atoms with E-state index in [-0.39, 0.29) is 24.0 Å². The molecule has 0 bridgehead atoms. The van der Waals surface area contributed by atoms with Crippen LogP contribution in [0, 0.1) is 11.8 Å². The van der Waals surface area contributed by atoms with Gasteiger partial charge in [0, 0.05) is 37.9 Å². The van der Waals surface area contributed by atoms with Crippen LogP contribution in [-0.4, -0.2) is 58.9 Å². The van der Waals surface area contributed by atoms with Gasteiger partial charge < -0.3 is 19.3 Å². The fraction of sp³-hybridized carbons (Fsp3) is 0.895. The van der Waals surface area contributed by atoms with Crippen molar-refractivity contribution in [3.8, 4) is 0 Å². The van der Waals surface area contributed by atoms with Crippen LogP contribution >= 0.6 is 0 Å². The lowest BCUT2D eigenvalue weighted by Gasteiger charge is -2.60. The maximum Gasteiger partial charge on any atom is 0.410 e. The minimum Gasteiger partial charge on any atom is -0.444 e. The number of likely N-dealkylation sites (tertiary alicyclic amines) is 1. The molecule has 0 aromatic rings. The van der Waals surface area contributed by atoms with Crippen LogP contribution in [0.15, 0.2) is 0 Å². The highest BCUT2D eigenvalue weighted by molar-refractivity contribution is 5.78. The number of nitrogens with zero attached hydrogens (tertiary/aromatic N) is 2. The minimum atomic E-state index is -0.527. The molecule has 3 atom stereocenters. The third-order valence-corrected chi connectivity index (χ3v) is 5.72. The quantitative estimate of drug-likeness (QED) is 0.728. The van der Waals surface area contributed by atoms with Crippen LogP contribution in [0.2, 0.25) is 0 Å². The molecule has 3 rings (SSSR count). The summed E-state index contributed by atoms with van der Waals surface area (Å²) >= 11 is 0. The number of amides is 2. The Kier molecular flexibility index (Phi) is 4.77. The minimum absolute atomic E-state index is 0.160. The summed E-state index contributed by atoms with van der Waals surface area (Å²) in [4.78, 5) is 29.0. The zero-order valence-electron chi connectivity index (χ0n) is 16.2. The van der Waals surface area contributed by atoms with E-state index in [0.717, 1.165) is 12.8 Å². The molecule has 0 unspecified atom stereocenters. The third kappa shape index (κ3) is 3.37.